The van der Waals surface area contributed by atoms with Gasteiger partial charge in [0.05, 0.1) is 5.37 Å². The van der Waals surface area contributed by atoms with E-state index in [1.807, 2.05) is 0 Å². The Morgan fingerprint density at radius 3 is 2.45 bits per heavy atom. The van der Waals surface area contributed by atoms with Crippen molar-refractivity contribution in [2.75, 3.05) is 5.73 Å². The maximum absolute atomic E-state index is 10.2. The van der Waals surface area contributed by atoms with E-state index in [9.17, 15) is 8.42 Å². The Hall–Kier alpha value is -1.29. The van der Waals surface area contributed by atoms with E-state index in [-0.39, 0.29) is 0 Å². The maximum Gasteiger partial charge on any atom is 0.214 e. The third kappa shape index (κ3) is 2.09. The number of nitrogen functional groups attached to an aromatic ring is 1. The van der Waals surface area contributed by atoms with Crippen molar-refractivity contribution in [2.45, 2.75) is 0 Å². The molecule has 0 saturated carbocycles. The molecule has 0 aliphatic carbocycles. The van der Waals surface area contributed by atoms with Gasteiger partial charge in [0, 0.05) is 11.3 Å². The van der Waals surface area contributed by atoms with Crippen LogP contribution in [0.15, 0.2) is 24.3 Å². The van der Waals surface area contributed by atoms with Crippen LogP contribution in [0.25, 0.3) is 0 Å². The molecule has 4 heteroatoms. The third-order valence-electron chi connectivity index (χ3n) is 1.22. The molecule has 11 heavy (non-hydrogen) atoms. The fraction of sp³-hybridized carbons (Fsp3) is 0. The van der Waals surface area contributed by atoms with Crippen molar-refractivity contribution in [1.29, 1.82) is 0 Å². The number of hydrogen-bond donors (Lipinski definition) is 1. The average molecular weight is 169 g/mol. The number of anilines is 1. The lowest BCUT2D eigenvalue weighted by Crippen LogP contribution is -1.91. The Balaban J connectivity index is 3.25. The Kier molecular flexibility index (Phi) is 2.28. The van der Waals surface area contributed by atoms with Crippen LogP contribution in [0.2, 0.25) is 0 Å². The zero-order valence-electron chi connectivity index (χ0n) is 5.69. The topological polar surface area (TPSA) is 60.2 Å². The number of benzene rings is 1. The second-order valence-corrected chi connectivity index (χ2v) is 2.76. The Morgan fingerprint density at radius 1 is 1.27 bits per heavy atom. The molecule has 0 radical (unpaired) electrons. The molecule has 1 aromatic rings. The quantitative estimate of drug-likeness (QED) is 0.486. The van der Waals surface area contributed by atoms with Gasteiger partial charge >= 0.3 is 0 Å². The first-order valence-corrected chi connectivity index (χ1v) is 4.11. The summed E-state index contributed by atoms with van der Waals surface area (Å²) >= 11 is 0. The van der Waals surface area contributed by atoms with Gasteiger partial charge in [-0.3, -0.25) is 0 Å². The van der Waals surface area contributed by atoms with E-state index in [2.05, 4.69) is 0 Å². The lowest BCUT2D eigenvalue weighted by molar-refractivity contribution is 0.627. The fourth-order valence-corrected chi connectivity index (χ4v) is 1.14. The van der Waals surface area contributed by atoms with Crippen molar-refractivity contribution in [1.82, 2.24) is 0 Å². The van der Waals surface area contributed by atoms with Crippen molar-refractivity contribution < 1.29 is 8.42 Å². The van der Waals surface area contributed by atoms with Crippen molar-refractivity contribution in [3.63, 3.8) is 0 Å². The number of para-hydroxylation sites is 1. The molecule has 0 aliphatic heterocycles. The van der Waals surface area contributed by atoms with E-state index in [4.69, 9.17) is 5.73 Å². The summed E-state index contributed by atoms with van der Waals surface area (Å²) in [4.78, 5) is 0. The van der Waals surface area contributed by atoms with Gasteiger partial charge in [-0.15, -0.1) is 0 Å². The monoisotopic (exact) mass is 169 g/mol. The Bertz CT molecular complexity index is 373. The molecule has 0 aromatic heterocycles. The summed E-state index contributed by atoms with van der Waals surface area (Å²) in [6.07, 6.45) is 0. The van der Waals surface area contributed by atoms with E-state index in [1.54, 1.807) is 24.3 Å². The Labute approximate surface area is 66.0 Å². The molecule has 0 amide bonds. The molecule has 0 saturated heterocycles. The van der Waals surface area contributed by atoms with E-state index in [1.165, 1.54) is 0 Å². The van der Waals surface area contributed by atoms with Gasteiger partial charge in [-0.1, -0.05) is 18.2 Å². The van der Waals surface area contributed by atoms with Crippen LogP contribution in [0.5, 0.6) is 0 Å². The van der Waals surface area contributed by atoms with Gasteiger partial charge in [-0.2, -0.15) is 8.42 Å². The van der Waals surface area contributed by atoms with E-state index in [0.717, 1.165) is 5.37 Å². The third-order valence-corrected chi connectivity index (χ3v) is 1.67. The van der Waals surface area contributed by atoms with Crippen LogP contribution in [-0.2, 0) is 10.3 Å². The molecule has 0 aliphatic rings. The first kappa shape index (κ1) is 7.81. The molecule has 0 heterocycles. The second kappa shape index (κ2) is 3.21. The van der Waals surface area contributed by atoms with Gasteiger partial charge < -0.3 is 5.73 Å². The van der Waals surface area contributed by atoms with Gasteiger partial charge in [-0.05, 0) is 6.07 Å². The minimum atomic E-state index is -2.18. The summed E-state index contributed by atoms with van der Waals surface area (Å²) < 4.78 is 20.4. The maximum atomic E-state index is 10.2. The van der Waals surface area contributed by atoms with E-state index in [0.29, 0.717) is 11.3 Å². The number of rotatable bonds is 1. The van der Waals surface area contributed by atoms with Gasteiger partial charge in [0.2, 0.25) is 10.3 Å². The lowest BCUT2D eigenvalue weighted by atomic mass is 10.2. The molecule has 3 nitrogen and oxygen atoms in total. The molecule has 58 valence electrons. The fourth-order valence-electron chi connectivity index (χ4n) is 0.722. The average Bonchev–Trinajstić information content (AvgIpc) is 1.93. The van der Waals surface area contributed by atoms with Gasteiger partial charge in [0.15, 0.2) is 0 Å². The lowest BCUT2D eigenvalue weighted by Gasteiger charge is -1.94. The first-order chi connectivity index (χ1) is 5.20. The predicted molar refractivity (Wildman–Crippen MR) is 44.9 cm³/mol. The molecule has 0 atom stereocenters. The van der Waals surface area contributed by atoms with Gasteiger partial charge in [0.1, 0.15) is 0 Å². The predicted octanol–water partition coefficient (Wildman–Crippen LogP) is 0.298. The zero-order valence-corrected chi connectivity index (χ0v) is 6.51. The van der Waals surface area contributed by atoms with Crippen molar-refractivity contribution >= 4 is 21.3 Å². The molecular formula is C7H7NO2S. The van der Waals surface area contributed by atoms with Crippen LogP contribution >= 0.6 is 0 Å². The SMILES string of the molecule is Nc1ccccc1C=S(=O)=O. The molecule has 0 bridgehead atoms. The van der Waals surface area contributed by atoms with Crippen LogP contribution in [0.1, 0.15) is 5.56 Å². The Morgan fingerprint density at radius 2 is 1.91 bits per heavy atom. The highest BCUT2D eigenvalue weighted by Gasteiger charge is 1.91. The van der Waals surface area contributed by atoms with Gasteiger partial charge in [-0.25, -0.2) is 0 Å². The number of nitrogens with two attached hydrogens (primary N) is 1. The zero-order chi connectivity index (χ0) is 8.27. The van der Waals surface area contributed by atoms with Crippen LogP contribution in [0, 0.1) is 0 Å². The van der Waals surface area contributed by atoms with Crippen molar-refractivity contribution in [2.24, 2.45) is 0 Å². The summed E-state index contributed by atoms with van der Waals surface area (Å²) in [6.45, 7) is 0. The highest BCUT2D eigenvalue weighted by molar-refractivity contribution is 7.71. The van der Waals surface area contributed by atoms with Crippen LogP contribution in [0.3, 0.4) is 0 Å². The molecule has 2 N–H and O–H groups in total. The summed E-state index contributed by atoms with van der Waals surface area (Å²) in [7, 11) is -2.18. The highest BCUT2D eigenvalue weighted by atomic mass is 32.2. The van der Waals surface area contributed by atoms with Crippen molar-refractivity contribution in [3.05, 3.63) is 29.8 Å². The summed E-state index contributed by atoms with van der Waals surface area (Å²) in [5.41, 5.74) is 6.46. The highest BCUT2D eigenvalue weighted by Crippen LogP contribution is 2.06. The summed E-state index contributed by atoms with van der Waals surface area (Å²) in [5, 5.41) is 1.08. The standard InChI is InChI=1S/C7H7NO2S/c8-7-4-2-1-3-6(7)5-11(9)10/h1-5H,8H2. The summed E-state index contributed by atoms with van der Waals surface area (Å²) in [5.74, 6) is 0. The molecule has 1 aromatic carbocycles. The molecule has 1 rings (SSSR count). The second-order valence-electron chi connectivity index (χ2n) is 2.01. The van der Waals surface area contributed by atoms with E-state index >= 15 is 0 Å². The van der Waals surface area contributed by atoms with Gasteiger partial charge in [0.25, 0.3) is 0 Å². The summed E-state index contributed by atoms with van der Waals surface area (Å²) in [6, 6.07) is 6.78. The number of hydrogen-bond acceptors (Lipinski definition) is 3. The molecule has 0 spiro atoms. The molecule has 0 unspecified atom stereocenters. The van der Waals surface area contributed by atoms with Crippen molar-refractivity contribution in [3.8, 4) is 0 Å². The smallest absolute Gasteiger partial charge is 0.214 e. The minimum absolute atomic E-state index is 0.469. The van der Waals surface area contributed by atoms with E-state index < -0.39 is 10.3 Å². The molecule has 0 fully saturated rings. The van der Waals surface area contributed by atoms with Crippen LogP contribution in [-0.4, -0.2) is 13.8 Å². The minimum Gasteiger partial charge on any atom is -0.398 e. The largest absolute Gasteiger partial charge is 0.398 e. The van der Waals surface area contributed by atoms with Crippen LogP contribution < -0.4 is 5.73 Å². The first-order valence-electron chi connectivity index (χ1n) is 2.97. The van der Waals surface area contributed by atoms with Crippen LogP contribution in [0.4, 0.5) is 5.69 Å². The molecular weight excluding hydrogens is 162 g/mol. The normalized spacial score (nSPS) is 9.09.